The molecule has 6 nitrogen and oxygen atoms in total. The fraction of sp³-hybridized carbons (Fsp3) is 0.263. The van der Waals surface area contributed by atoms with Gasteiger partial charge in [-0.3, -0.25) is 4.79 Å². The fourth-order valence-corrected chi connectivity index (χ4v) is 3.30. The van der Waals surface area contributed by atoms with Gasteiger partial charge in [0, 0.05) is 17.8 Å². The number of quaternary nitrogens is 1. The molecule has 0 aliphatic heterocycles. The summed E-state index contributed by atoms with van der Waals surface area (Å²) in [4.78, 5) is 14.5. The summed E-state index contributed by atoms with van der Waals surface area (Å²) in [6, 6.07) is 13.3. The van der Waals surface area contributed by atoms with Crippen LogP contribution in [0.1, 0.15) is 12.6 Å². The molecule has 136 valence electrons. The lowest BCUT2D eigenvalue weighted by molar-refractivity contribution is -0.904. The van der Waals surface area contributed by atoms with E-state index in [1.54, 1.807) is 24.5 Å². The lowest BCUT2D eigenvalue weighted by atomic mass is 10.3. The number of benzene rings is 1. The van der Waals surface area contributed by atoms with E-state index in [2.05, 4.69) is 17.4 Å². The van der Waals surface area contributed by atoms with Crippen LogP contribution in [0.5, 0.6) is 5.75 Å². The van der Waals surface area contributed by atoms with Gasteiger partial charge in [0.1, 0.15) is 18.0 Å². The van der Waals surface area contributed by atoms with E-state index < -0.39 is 0 Å². The number of hydrogen-bond donors (Lipinski definition) is 2. The largest absolute Gasteiger partial charge is 0.497 e. The Labute approximate surface area is 156 Å². The predicted molar refractivity (Wildman–Crippen MR) is 102 cm³/mol. The van der Waals surface area contributed by atoms with Crippen LogP contribution < -0.4 is 15.0 Å². The molecule has 3 aromatic rings. The summed E-state index contributed by atoms with van der Waals surface area (Å²) in [7, 11) is 1.60. The Morgan fingerprint density at radius 2 is 2.19 bits per heavy atom. The van der Waals surface area contributed by atoms with Crippen molar-refractivity contribution in [3.8, 4) is 16.4 Å². The molecule has 0 aliphatic carbocycles. The molecule has 0 bridgehead atoms. The summed E-state index contributed by atoms with van der Waals surface area (Å²) in [5.74, 6) is 1.44. The quantitative estimate of drug-likeness (QED) is 0.637. The van der Waals surface area contributed by atoms with Crippen molar-refractivity contribution in [1.82, 2.24) is 5.16 Å². The molecule has 0 saturated carbocycles. The second kappa shape index (κ2) is 8.64. The van der Waals surface area contributed by atoms with Crippen LogP contribution in [0.3, 0.4) is 0 Å². The molecule has 2 aromatic heterocycles. The molecule has 0 saturated heterocycles. The molecule has 26 heavy (non-hydrogen) atoms. The molecule has 1 unspecified atom stereocenters. The van der Waals surface area contributed by atoms with Crippen LogP contribution in [0.4, 0.5) is 5.69 Å². The van der Waals surface area contributed by atoms with E-state index in [4.69, 9.17) is 9.26 Å². The van der Waals surface area contributed by atoms with Gasteiger partial charge in [0.05, 0.1) is 18.5 Å². The van der Waals surface area contributed by atoms with E-state index in [1.807, 2.05) is 41.8 Å². The first-order valence-corrected chi connectivity index (χ1v) is 9.33. The van der Waals surface area contributed by atoms with E-state index in [-0.39, 0.29) is 5.91 Å². The summed E-state index contributed by atoms with van der Waals surface area (Å²) < 4.78 is 10.6. The van der Waals surface area contributed by atoms with Gasteiger partial charge >= 0.3 is 0 Å². The number of methoxy groups -OCH3 is 1. The van der Waals surface area contributed by atoms with Crippen LogP contribution in [0.2, 0.25) is 0 Å². The molecule has 3 rings (SSSR count). The zero-order valence-electron chi connectivity index (χ0n) is 14.8. The number of aromatic nitrogens is 1. The van der Waals surface area contributed by atoms with Gasteiger partial charge in [-0.2, -0.15) is 0 Å². The summed E-state index contributed by atoms with van der Waals surface area (Å²) in [5, 5.41) is 9.05. The van der Waals surface area contributed by atoms with Gasteiger partial charge in [0.2, 0.25) is 0 Å². The van der Waals surface area contributed by atoms with Crippen molar-refractivity contribution in [2.45, 2.75) is 13.5 Å². The van der Waals surface area contributed by atoms with Gasteiger partial charge in [-0.05, 0) is 30.5 Å². The third-order valence-electron chi connectivity index (χ3n) is 4.02. The van der Waals surface area contributed by atoms with Crippen LogP contribution >= 0.6 is 11.3 Å². The summed E-state index contributed by atoms with van der Waals surface area (Å²) in [6.07, 6.45) is 0. The molecular formula is C19H22N3O3S+. The SMILES string of the molecule is CC[NH+](CC(=O)Nc1cccc(OC)c1)Cc1cc(-c2cccs2)on1. The second-order valence-corrected chi connectivity index (χ2v) is 6.84. The Balaban J connectivity index is 1.57. The highest BCUT2D eigenvalue weighted by molar-refractivity contribution is 7.13. The zero-order valence-corrected chi connectivity index (χ0v) is 15.6. The number of thiophene rings is 1. The molecule has 0 spiro atoms. The van der Waals surface area contributed by atoms with Gasteiger partial charge in [-0.25, -0.2) is 0 Å². The van der Waals surface area contributed by atoms with Crippen molar-refractivity contribution < 1.29 is 19.0 Å². The van der Waals surface area contributed by atoms with Gasteiger partial charge in [0.15, 0.2) is 12.3 Å². The molecular weight excluding hydrogens is 350 g/mol. The van der Waals surface area contributed by atoms with E-state index in [0.29, 0.717) is 18.8 Å². The first-order valence-electron chi connectivity index (χ1n) is 8.45. The van der Waals surface area contributed by atoms with Crippen molar-refractivity contribution in [3.63, 3.8) is 0 Å². The standard InChI is InChI=1S/C19H21N3O3S/c1-3-22(12-15-11-17(25-21-15)18-8-5-9-26-18)13-19(23)20-14-6-4-7-16(10-14)24-2/h4-11H,3,12-13H2,1-2H3,(H,20,23)/p+1. The molecule has 0 radical (unpaired) electrons. The van der Waals surface area contributed by atoms with Crippen molar-refractivity contribution in [1.29, 1.82) is 0 Å². The topological polar surface area (TPSA) is 68.8 Å². The van der Waals surface area contributed by atoms with Crippen molar-refractivity contribution >= 4 is 22.9 Å². The van der Waals surface area contributed by atoms with Crippen LogP contribution in [-0.4, -0.2) is 31.3 Å². The third-order valence-corrected chi connectivity index (χ3v) is 4.90. The Hall–Kier alpha value is -2.64. The third kappa shape index (κ3) is 4.71. The minimum Gasteiger partial charge on any atom is -0.497 e. The van der Waals surface area contributed by atoms with Gasteiger partial charge < -0.3 is 19.5 Å². The molecule has 1 aromatic carbocycles. The average molecular weight is 372 g/mol. The summed E-state index contributed by atoms with van der Waals surface area (Å²) >= 11 is 1.61. The first-order chi connectivity index (χ1) is 12.7. The Morgan fingerprint density at radius 1 is 1.31 bits per heavy atom. The Bertz CT molecular complexity index is 845. The van der Waals surface area contributed by atoms with Crippen molar-refractivity contribution in [2.24, 2.45) is 0 Å². The van der Waals surface area contributed by atoms with Gasteiger partial charge in [0.25, 0.3) is 5.91 Å². The summed E-state index contributed by atoms with van der Waals surface area (Å²) in [6.45, 7) is 3.85. The van der Waals surface area contributed by atoms with Crippen molar-refractivity contribution in [3.05, 3.63) is 53.5 Å². The molecule has 2 N–H and O–H groups in total. The lowest BCUT2D eigenvalue weighted by Gasteiger charge is -2.16. The number of hydrogen-bond acceptors (Lipinski definition) is 5. The fourth-order valence-electron chi connectivity index (χ4n) is 2.63. The molecule has 2 heterocycles. The highest BCUT2D eigenvalue weighted by Crippen LogP contribution is 2.24. The van der Waals surface area contributed by atoms with Gasteiger partial charge in [-0.15, -0.1) is 11.3 Å². The highest BCUT2D eigenvalue weighted by Gasteiger charge is 2.17. The minimum absolute atomic E-state index is 0.0444. The number of likely N-dealkylation sites (N-methyl/N-ethyl adjacent to an activating group) is 1. The number of carbonyl (C=O) groups is 1. The number of rotatable bonds is 8. The minimum atomic E-state index is -0.0444. The van der Waals surface area contributed by atoms with E-state index >= 15 is 0 Å². The Kier molecular flexibility index (Phi) is 6.04. The Morgan fingerprint density at radius 3 is 2.92 bits per heavy atom. The zero-order chi connectivity index (χ0) is 18.4. The van der Waals surface area contributed by atoms with E-state index in [1.165, 1.54) is 0 Å². The molecule has 1 atom stereocenters. The van der Waals surface area contributed by atoms with Crippen LogP contribution in [0.15, 0.2) is 52.4 Å². The molecule has 0 fully saturated rings. The molecule has 7 heteroatoms. The maximum atomic E-state index is 12.3. The number of nitrogens with one attached hydrogen (secondary N) is 2. The first kappa shape index (κ1) is 18.2. The smallest absolute Gasteiger partial charge is 0.279 e. The van der Waals surface area contributed by atoms with Crippen LogP contribution in [0, 0.1) is 0 Å². The van der Waals surface area contributed by atoms with Crippen molar-refractivity contribution in [2.75, 3.05) is 25.5 Å². The number of anilines is 1. The number of amides is 1. The van der Waals surface area contributed by atoms with Gasteiger partial charge in [-0.1, -0.05) is 17.3 Å². The van der Waals surface area contributed by atoms with Crippen LogP contribution in [0.25, 0.3) is 10.6 Å². The van der Waals surface area contributed by atoms with E-state index in [0.717, 1.165) is 33.5 Å². The number of carbonyl (C=O) groups excluding carboxylic acids is 1. The lowest BCUT2D eigenvalue weighted by Crippen LogP contribution is -3.11. The average Bonchev–Trinajstić information content (AvgIpc) is 3.32. The van der Waals surface area contributed by atoms with Crippen LogP contribution in [-0.2, 0) is 11.3 Å². The predicted octanol–water partition coefficient (Wildman–Crippen LogP) is 2.46. The number of ether oxygens (including phenoxy) is 1. The normalized spacial score (nSPS) is 11.9. The maximum absolute atomic E-state index is 12.3. The monoisotopic (exact) mass is 372 g/mol. The van der Waals surface area contributed by atoms with E-state index in [9.17, 15) is 4.79 Å². The summed E-state index contributed by atoms with van der Waals surface area (Å²) in [5.41, 5.74) is 1.57. The highest BCUT2D eigenvalue weighted by atomic mass is 32.1. The maximum Gasteiger partial charge on any atom is 0.279 e. The number of nitrogens with zero attached hydrogens (tertiary/aromatic N) is 1. The molecule has 1 amide bonds. The molecule has 0 aliphatic rings. The second-order valence-electron chi connectivity index (χ2n) is 5.90.